The van der Waals surface area contributed by atoms with Crippen LogP contribution in [0.25, 0.3) is 16.7 Å². The zero-order valence-electron chi connectivity index (χ0n) is 10.8. The van der Waals surface area contributed by atoms with Crippen molar-refractivity contribution >= 4 is 40.1 Å². The summed E-state index contributed by atoms with van der Waals surface area (Å²) < 4.78 is 1.66. The summed E-state index contributed by atoms with van der Waals surface area (Å²) in [7, 11) is 0. The fourth-order valence-corrected chi connectivity index (χ4v) is 2.25. The standard InChI is InChI=1S/C13H11Cl2N5O/c14-8-1-3-9(4-2-8)20-12-10(7-17-20)11(16-5-6-21)18-13(15)19-12/h1-4,7,21H,5-6H2,(H,16,18,19). The highest BCUT2D eigenvalue weighted by Crippen LogP contribution is 2.24. The van der Waals surface area contributed by atoms with Crippen LogP contribution in [0.3, 0.4) is 0 Å². The van der Waals surface area contributed by atoms with Gasteiger partial charge in [-0.15, -0.1) is 0 Å². The Morgan fingerprint density at radius 2 is 1.90 bits per heavy atom. The van der Waals surface area contributed by atoms with Crippen molar-refractivity contribution in [1.82, 2.24) is 19.7 Å². The van der Waals surface area contributed by atoms with Gasteiger partial charge in [-0.3, -0.25) is 0 Å². The average Bonchev–Trinajstić information content (AvgIpc) is 2.89. The van der Waals surface area contributed by atoms with Gasteiger partial charge in [0.05, 0.1) is 23.9 Å². The van der Waals surface area contributed by atoms with Gasteiger partial charge in [-0.2, -0.15) is 15.1 Å². The molecule has 0 fully saturated rings. The molecule has 0 aliphatic heterocycles. The molecule has 0 radical (unpaired) electrons. The molecule has 0 aliphatic rings. The Kier molecular flexibility index (Phi) is 3.92. The van der Waals surface area contributed by atoms with E-state index in [0.29, 0.717) is 23.0 Å². The van der Waals surface area contributed by atoms with E-state index < -0.39 is 0 Å². The largest absolute Gasteiger partial charge is 0.395 e. The Labute approximate surface area is 130 Å². The first-order valence-corrected chi connectivity index (χ1v) is 6.96. The van der Waals surface area contributed by atoms with Gasteiger partial charge in [0.25, 0.3) is 0 Å². The number of aliphatic hydroxyl groups excluding tert-OH is 1. The molecule has 2 N–H and O–H groups in total. The summed E-state index contributed by atoms with van der Waals surface area (Å²) in [5, 5.41) is 17.7. The molecule has 3 rings (SSSR count). The fourth-order valence-electron chi connectivity index (χ4n) is 1.96. The molecule has 0 saturated heterocycles. The van der Waals surface area contributed by atoms with Crippen molar-refractivity contribution in [1.29, 1.82) is 0 Å². The van der Waals surface area contributed by atoms with Crippen LogP contribution in [-0.2, 0) is 0 Å². The highest BCUT2D eigenvalue weighted by molar-refractivity contribution is 6.30. The Morgan fingerprint density at radius 3 is 2.62 bits per heavy atom. The van der Waals surface area contributed by atoms with Crippen molar-refractivity contribution in [2.75, 3.05) is 18.5 Å². The summed E-state index contributed by atoms with van der Waals surface area (Å²) in [6.07, 6.45) is 1.65. The van der Waals surface area contributed by atoms with Crippen LogP contribution in [0.2, 0.25) is 10.3 Å². The number of hydrogen-bond acceptors (Lipinski definition) is 5. The molecule has 8 heteroatoms. The van der Waals surface area contributed by atoms with Gasteiger partial charge in [0.2, 0.25) is 5.28 Å². The maximum absolute atomic E-state index is 8.91. The van der Waals surface area contributed by atoms with Gasteiger partial charge >= 0.3 is 0 Å². The summed E-state index contributed by atoms with van der Waals surface area (Å²) >= 11 is 11.8. The fraction of sp³-hybridized carbons (Fsp3) is 0.154. The molecule has 0 unspecified atom stereocenters. The quantitative estimate of drug-likeness (QED) is 0.721. The normalized spacial score (nSPS) is 11.0. The van der Waals surface area contributed by atoms with Crippen LogP contribution >= 0.6 is 23.2 Å². The monoisotopic (exact) mass is 323 g/mol. The highest BCUT2D eigenvalue weighted by Gasteiger charge is 2.13. The summed E-state index contributed by atoms with van der Waals surface area (Å²) in [4.78, 5) is 8.34. The lowest BCUT2D eigenvalue weighted by Gasteiger charge is -2.06. The lowest BCUT2D eigenvalue weighted by atomic mass is 10.3. The predicted octanol–water partition coefficient (Wildman–Crippen LogP) is 2.53. The number of aromatic nitrogens is 4. The third kappa shape index (κ3) is 2.78. The molecule has 0 bridgehead atoms. The van der Waals surface area contributed by atoms with Gasteiger partial charge in [-0.25, -0.2) is 4.68 Å². The maximum Gasteiger partial charge on any atom is 0.226 e. The predicted molar refractivity (Wildman–Crippen MR) is 82.3 cm³/mol. The molecule has 0 atom stereocenters. The van der Waals surface area contributed by atoms with Crippen LogP contribution in [0.1, 0.15) is 0 Å². The van der Waals surface area contributed by atoms with Crippen molar-refractivity contribution in [2.45, 2.75) is 0 Å². The first-order valence-electron chi connectivity index (χ1n) is 6.21. The third-order valence-electron chi connectivity index (χ3n) is 2.88. The van der Waals surface area contributed by atoms with Gasteiger partial charge < -0.3 is 10.4 Å². The van der Waals surface area contributed by atoms with Crippen molar-refractivity contribution in [3.8, 4) is 5.69 Å². The van der Waals surface area contributed by atoms with Crippen LogP contribution in [0.5, 0.6) is 0 Å². The summed E-state index contributed by atoms with van der Waals surface area (Å²) in [6.45, 7) is 0.364. The Balaban J connectivity index is 2.13. The first kappa shape index (κ1) is 14.1. The molecular formula is C13H11Cl2N5O. The van der Waals surface area contributed by atoms with E-state index in [1.165, 1.54) is 0 Å². The van der Waals surface area contributed by atoms with E-state index in [9.17, 15) is 0 Å². The number of fused-ring (bicyclic) bond motifs is 1. The van der Waals surface area contributed by atoms with Crippen molar-refractivity contribution in [2.24, 2.45) is 0 Å². The molecule has 6 nitrogen and oxygen atoms in total. The Hall–Kier alpha value is -1.89. The number of halogens is 2. The lowest BCUT2D eigenvalue weighted by Crippen LogP contribution is -2.08. The molecule has 21 heavy (non-hydrogen) atoms. The van der Waals surface area contributed by atoms with Crippen LogP contribution in [0.4, 0.5) is 5.82 Å². The number of nitrogens with zero attached hydrogens (tertiary/aromatic N) is 4. The van der Waals surface area contributed by atoms with Crippen LogP contribution in [-0.4, -0.2) is 38.0 Å². The SMILES string of the molecule is OCCNc1nc(Cl)nc2c1cnn2-c1ccc(Cl)cc1. The first-order chi connectivity index (χ1) is 10.2. The molecule has 0 amide bonds. The maximum atomic E-state index is 8.91. The average molecular weight is 324 g/mol. The molecule has 0 aliphatic carbocycles. The van der Waals surface area contributed by atoms with Crippen LogP contribution in [0.15, 0.2) is 30.5 Å². The number of anilines is 1. The third-order valence-corrected chi connectivity index (χ3v) is 3.30. The number of benzene rings is 1. The van der Waals surface area contributed by atoms with E-state index in [2.05, 4.69) is 20.4 Å². The highest BCUT2D eigenvalue weighted by atomic mass is 35.5. The second-order valence-electron chi connectivity index (χ2n) is 4.26. The number of hydrogen-bond donors (Lipinski definition) is 2. The van der Waals surface area contributed by atoms with Crippen LogP contribution < -0.4 is 5.32 Å². The number of rotatable bonds is 4. The molecule has 108 valence electrons. The molecule has 0 spiro atoms. The number of aliphatic hydroxyl groups is 1. The second kappa shape index (κ2) is 5.85. The molecular weight excluding hydrogens is 313 g/mol. The van der Waals surface area contributed by atoms with Crippen molar-refractivity contribution in [3.05, 3.63) is 40.8 Å². The molecule has 3 aromatic rings. The van der Waals surface area contributed by atoms with Gasteiger partial charge in [0, 0.05) is 11.6 Å². The number of nitrogens with one attached hydrogen (secondary N) is 1. The van der Waals surface area contributed by atoms with E-state index >= 15 is 0 Å². The summed E-state index contributed by atoms with van der Waals surface area (Å²) in [5.41, 5.74) is 1.40. The van der Waals surface area contributed by atoms with E-state index in [1.54, 1.807) is 23.0 Å². The van der Waals surface area contributed by atoms with E-state index in [-0.39, 0.29) is 11.9 Å². The van der Waals surface area contributed by atoms with E-state index in [1.807, 2.05) is 12.1 Å². The summed E-state index contributed by atoms with van der Waals surface area (Å²) in [5.74, 6) is 0.541. The molecule has 2 heterocycles. The molecule has 1 aromatic carbocycles. The minimum absolute atomic E-state index is 0.00552. The van der Waals surface area contributed by atoms with Gasteiger partial charge in [-0.05, 0) is 35.9 Å². The lowest BCUT2D eigenvalue weighted by molar-refractivity contribution is 0.311. The van der Waals surface area contributed by atoms with Gasteiger partial charge in [0.1, 0.15) is 5.82 Å². The second-order valence-corrected chi connectivity index (χ2v) is 5.04. The Morgan fingerprint density at radius 1 is 1.14 bits per heavy atom. The van der Waals surface area contributed by atoms with Crippen molar-refractivity contribution in [3.63, 3.8) is 0 Å². The molecule has 0 saturated carbocycles. The minimum Gasteiger partial charge on any atom is -0.395 e. The molecule has 2 aromatic heterocycles. The van der Waals surface area contributed by atoms with Gasteiger partial charge in [-0.1, -0.05) is 11.6 Å². The zero-order valence-corrected chi connectivity index (χ0v) is 12.3. The smallest absolute Gasteiger partial charge is 0.226 e. The van der Waals surface area contributed by atoms with E-state index in [4.69, 9.17) is 28.3 Å². The van der Waals surface area contributed by atoms with E-state index in [0.717, 1.165) is 11.1 Å². The van der Waals surface area contributed by atoms with Crippen molar-refractivity contribution < 1.29 is 5.11 Å². The Bertz CT molecular complexity index is 772. The summed E-state index contributed by atoms with van der Waals surface area (Å²) in [6, 6.07) is 7.23. The van der Waals surface area contributed by atoms with Crippen LogP contribution in [0, 0.1) is 0 Å². The zero-order chi connectivity index (χ0) is 14.8. The van der Waals surface area contributed by atoms with Gasteiger partial charge in [0.15, 0.2) is 5.65 Å². The topological polar surface area (TPSA) is 75.9 Å². The minimum atomic E-state index is -0.00552.